The zero-order valence-corrected chi connectivity index (χ0v) is 37.7. The zero-order valence-electron chi connectivity index (χ0n) is 37.7. The molecule has 0 unspecified atom stereocenters. The van der Waals surface area contributed by atoms with Crippen LogP contribution < -0.4 is 10.1 Å². The molecule has 0 radical (unpaired) electrons. The first-order chi connectivity index (χ1) is 29.3. The van der Waals surface area contributed by atoms with Gasteiger partial charge in [-0.25, -0.2) is 0 Å². The van der Waals surface area contributed by atoms with Gasteiger partial charge in [-0.3, -0.25) is 14.4 Å². The molecule has 3 aliphatic rings. The summed E-state index contributed by atoms with van der Waals surface area (Å²) in [4.78, 5) is 46.0. The number of amides is 1. The Balaban J connectivity index is 1.87. The van der Waals surface area contributed by atoms with E-state index in [9.17, 15) is 39.9 Å². The van der Waals surface area contributed by atoms with Crippen LogP contribution in [-0.4, -0.2) is 93.3 Å². The van der Waals surface area contributed by atoms with Gasteiger partial charge in [0.1, 0.15) is 30.0 Å². The molecule has 2 aromatic rings. The Hall–Kier alpha value is -5.12. The van der Waals surface area contributed by atoms with Gasteiger partial charge < -0.3 is 54.6 Å². The maximum Gasteiger partial charge on any atom is 0.312 e. The van der Waals surface area contributed by atoms with E-state index in [0.29, 0.717) is 0 Å². The SMILES string of the molecule is CCCCCCCCCON=Cc1c2c(O)c3c(O)c(C)c4c(c3c1O)C(=O)[C@@](C)(OC=C[C@H](OC)[C@H](C)[C@H](OC(C)=O)[C@H](C)[C@H](O)[C@H](C)[C@H](O)[C@H](C)C=CC=C(C)C(=O)N2)O4. The average Bonchev–Trinajstić information content (AvgIpc) is 3.50. The highest BCUT2D eigenvalue weighted by atomic mass is 16.7. The second kappa shape index (κ2) is 21.8. The maximum absolute atomic E-state index is 14.4. The fourth-order valence-electron chi connectivity index (χ4n) is 8.14. The number of Topliss-reactive ketones (excluding diaryl/α,β-unsaturated/α-hetero) is 1. The molecule has 62 heavy (non-hydrogen) atoms. The third-order valence-corrected chi connectivity index (χ3v) is 12.1. The number of aliphatic hydroxyl groups is 2. The fraction of sp³-hybridized carbons (Fsp3) is 0.574. The minimum absolute atomic E-state index is 0.0426. The molecule has 0 spiro atoms. The molecule has 5 rings (SSSR count). The van der Waals surface area contributed by atoms with Crippen molar-refractivity contribution in [1.82, 2.24) is 0 Å². The monoisotopic (exact) mass is 866 g/mol. The minimum atomic E-state index is -2.06. The first-order valence-corrected chi connectivity index (χ1v) is 21.6. The number of methoxy groups -OCH3 is 1. The fourth-order valence-corrected chi connectivity index (χ4v) is 8.14. The molecule has 9 atom stereocenters. The summed E-state index contributed by atoms with van der Waals surface area (Å²) in [6, 6.07) is 0. The van der Waals surface area contributed by atoms with Crippen molar-refractivity contribution >= 4 is 40.3 Å². The minimum Gasteiger partial charge on any atom is -0.507 e. The predicted octanol–water partition coefficient (Wildman–Crippen LogP) is 7.86. The van der Waals surface area contributed by atoms with Crippen LogP contribution in [-0.2, 0) is 28.6 Å². The molecule has 15 nitrogen and oxygen atoms in total. The number of nitrogens with one attached hydrogen (secondary N) is 1. The van der Waals surface area contributed by atoms with Crippen molar-refractivity contribution < 1.29 is 63.7 Å². The van der Waals surface area contributed by atoms with Gasteiger partial charge in [0, 0.05) is 61.2 Å². The van der Waals surface area contributed by atoms with Crippen LogP contribution in [0.25, 0.3) is 10.8 Å². The smallest absolute Gasteiger partial charge is 0.312 e. The molecule has 0 saturated heterocycles. The average molecular weight is 867 g/mol. The van der Waals surface area contributed by atoms with Crippen LogP contribution in [0.1, 0.15) is 122 Å². The van der Waals surface area contributed by atoms with Crippen LogP contribution in [0.5, 0.6) is 23.0 Å². The number of allylic oxidation sites excluding steroid dienone is 2. The first-order valence-electron chi connectivity index (χ1n) is 21.6. The summed E-state index contributed by atoms with van der Waals surface area (Å²) in [5.74, 6) is -8.54. The Morgan fingerprint density at radius 1 is 0.903 bits per heavy atom. The van der Waals surface area contributed by atoms with Gasteiger partial charge in [0.25, 0.3) is 11.7 Å². The number of aliphatic hydroxyl groups excluding tert-OH is 2. The summed E-state index contributed by atoms with van der Waals surface area (Å²) in [6.45, 7) is 14.9. The number of carbonyl (C=O) groups is 3. The van der Waals surface area contributed by atoms with Gasteiger partial charge in [0.15, 0.2) is 5.75 Å². The number of hydrogen-bond acceptors (Lipinski definition) is 14. The van der Waals surface area contributed by atoms with E-state index in [4.69, 9.17) is 23.8 Å². The largest absolute Gasteiger partial charge is 0.507 e. The number of esters is 1. The van der Waals surface area contributed by atoms with Gasteiger partial charge in [-0.15, -0.1) is 0 Å². The number of unbranched alkanes of at least 4 members (excludes halogenated alkanes) is 6. The molecule has 0 aromatic heterocycles. The van der Waals surface area contributed by atoms with Gasteiger partial charge in [0.05, 0.1) is 53.0 Å². The number of ketones is 1. The lowest BCUT2D eigenvalue weighted by atomic mass is 9.78. The molecule has 2 aromatic carbocycles. The van der Waals surface area contributed by atoms with E-state index in [1.807, 2.05) is 0 Å². The van der Waals surface area contributed by atoms with Crippen molar-refractivity contribution in [2.45, 2.75) is 137 Å². The van der Waals surface area contributed by atoms with E-state index >= 15 is 0 Å². The molecule has 342 valence electrons. The van der Waals surface area contributed by atoms with E-state index in [1.54, 1.807) is 39.8 Å². The standard InChI is InChI=1S/C47H66N2O13/c1-11-12-13-14-15-16-17-22-60-48-24-32-37-42(55)35-34(41(32)54)36-44(30(7)40(35)53)62-47(9,45(36)56)59-23-21-33(58-10)27(4)43(61-31(8)50)29(6)39(52)28(5)38(51)25(2)19-18-20-26(3)46(57)49-37/h18-21,23-25,27-29,33,38-39,43,51-55H,11-17,22H2,1-10H3,(H,49,57)/t25-,27+,28-,29-,33+,38-,39-,43+,47+/m1/s1. The van der Waals surface area contributed by atoms with Gasteiger partial charge in [0.2, 0.25) is 0 Å². The number of ether oxygens (including phenoxy) is 4. The van der Waals surface area contributed by atoms with E-state index in [2.05, 4.69) is 17.4 Å². The number of rotatable bonds is 12. The molecule has 0 saturated carbocycles. The van der Waals surface area contributed by atoms with Gasteiger partial charge in [-0.2, -0.15) is 0 Å². The molecule has 3 heterocycles. The molecule has 3 aliphatic heterocycles. The molecular weight excluding hydrogens is 801 g/mol. The maximum atomic E-state index is 14.4. The van der Waals surface area contributed by atoms with Crippen molar-refractivity contribution in [3.63, 3.8) is 0 Å². The number of phenols is 3. The van der Waals surface area contributed by atoms with Crippen molar-refractivity contribution in [3.8, 4) is 23.0 Å². The Bertz CT molecular complexity index is 2060. The Morgan fingerprint density at radius 3 is 2.21 bits per heavy atom. The van der Waals surface area contributed by atoms with Gasteiger partial charge in [-0.05, 0) is 32.8 Å². The second-order valence-corrected chi connectivity index (χ2v) is 16.8. The predicted molar refractivity (Wildman–Crippen MR) is 235 cm³/mol. The Morgan fingerprint density at radius 2 is 1.56 bits per heavy atom. The summed E-state index contributed by atoms with van der Waals surface area (Å²) in [7, 11) is 1.43. The number of fused-ring (bicyclic) bond motifs is 14. The summed E-state index contributed by atoms with van der Waals surface area (Å²) in [5, 5.41) is 64.4. The number of anilines is 1. The van der Waals surface area contributed by atoms with Crippen molar-refractivity contribution in [2.24, 2.45) is 28.8 Å². The molecule has 0 aliphatic carbocycles. The van der Waals surface area contributed by atoms with Crippen molar-refractivity contribution in [3.05, 3.63) is 52.8 Å². The highest BCUT2D eigenvalue weighted by molar-refractivity contribution is 6.23. The third kappa shape index (κ3) is 10.9. The van der Waals surface area contributed by atoms with E-state index < -0.39 is 88.8 Å². The van der Waals surface area contributed by atoms with Crippen LogP contribution in [0.3, 0.4) is 0 Å². The summed E-state index contributed by atoms with van der Waals surface area (Å²) < 4.78 is 23.6. The quantitative estimate of drug-likeness (QED) is 0.0299. The second-order valence-electron chi connectivity index (χ2n) is 16.8. The molecule has 5 bridgehead atoms. The Labute approximate surface area is 364 Å². The molecular formula is C47H66N2O13. The molecule has 15 heteroatoms. The van der Waals surface area contributed by atoms with Crippen LogP contribution in [0.15, 0.2) is 41.3 Å². The number of phenolic OH excluding ortho intramolecular Hbond substituents is 3. The van der Waals surface area contributed by atoms with E-state index in [0.717, 1.165) is 38.3 Å². The number of hydrogen-bond donors (Lipinski definition) is 6. The number of nitrogens with zero attached hydrogens (tertiary/aromatic N) is 1. The first kappa shape index (κ1) is 49.5. The lowest BCUT2D eigenvalue weighted by Crippen LogP contribution is -2.46. The summed E-state index contributed by atoms with van der Waals surface area (Å²) in [5.41, 5.74) is -0.538. The molecule has 0 fully saturated rings. The van der Waals surface area contributed by atoms with Crippen LogP contribution >= 0.6 is 0 Å². The number of oxime groups is 1. The Kier molecular flexibility index (Phi) is 17.4. The topological polar surface area (TPSA) is 223 Å². The van der Waals surface area contributed by atoms with Crippen LogP contribution in [0.2, 0.25) is 0 Å². The highest BCUT2D eigenvalue weighted by Gasteiger charge is 2.50. The number of carbonyl (C=O) groups excluding carboxylic acids is 3. The highest BCUT2D eigenvalue weighted by Crippen LogP contribution is 2.55. The third-order valence-electron chi connectivity index (χ3n) is 12.1. The van der Waals surface area contributed by atoms with Crippen LogP contribution in [0, 0.1) is 30.6 Å². The van der Waals surface area contributed by atoms with E-state index in [-0.39, 0.29) is 51.1 Å². The summed E-state index contributed by atoms with van der Waals surface area (Å²) in [6.07, 6.45) is 12.0. The number of benzene rings is 2. The number of aromatic hydroxyl groups is 3. The van der Waals surface area contributed by atoms with Crippen molar-refractivity contribution in [1.29, 1.82) is 0 Å². The van der Waals surface area contributed by atoms with Crippen molar-refractivity contribution in [2.75, 3.05) is 19.0 Å². The lowest BCUT2D eigenvalue weighted by molar-refractivity contribution is -0.160. The molecule has 1 amide bonds. The van der Waals surface area contributed by atoms with Crippen LogP contribution in [0.4, 0.5) is 5.69 Å². The summed E-state index contributed by atoms with van der Waals surface area (Å²) >= 11 is 0. The van der Waals surface area contributed by atoms with Gasteiger partial charge >= 0.3 is 11.8 Å². The lowest BCUT2D eigenvalue weighted by Gasteiger charge is -2.38. The molecule has 6 N–H and O–H groups in total. The van der Waals surface area contributed by atoms with Gasteiger partial charge in [-0.1, -0.05) is 90.1 Å². The zero-order chi connectivity index (χ0) is 46.1. The van der Waals surface area contributed by atoms with E-state index in [1.165, 1.54) is 66.1 Å². The normalized spacial score (nSPS) is 27.3.